The van der Waals surface area contributed by atoms with Crippen molar-refractivity contribution < 1.29 is 4.74 Å². The van der Waals surface area contributed by atoms with Crippen molar-refractivity contribution in [3.8, 4) is 0 Å². The minimum atomic E-state index is 0.314. The smallest absolute Gasteiger partial charge is 0.110 e. The van der Waals surface area contributed by atoms with Gasteiger partial charge in [-0.3, -0.25) is 4.90 Å². The van der Waals surface area contributed by atoms with Gasteiger partial charge in [-0.15, -0.1) is 0 Å². The van der Waals surface area contributed by atoms with E-state index >= 15 is 0 Å². The minimum absolute atomic E-state index is 0.314. The van der Waals surface area contributed by atoms with Crippen molar-refractivity contribution in [2.45, 2.75) is 58.2 Å². The Morgan fingerprint density at radius 2 is 2.00 bits per heavy atom. The first-order valence-corrected chi connectivity index (χ1v) is 5.48. The van der Waals surface area contributed by atoms with Crippen LogP contribution in [-0.4, -0.2) is 30.3 Å². The third kappa shape index (κ3) is 2.23. The van der Waals surface area contributed by atoms with Gasteiger partial charge in [0.05, 0.1) is 0 Å². The summed E-state index contributed by atoms with van der Waals surface area (Å²) in [4.78, 5) is 2.42. The van der Waals surface area contributed by atoms with Gasteiger partial charge in [0.1, 0.15) is 6.23 Å². The summed E-state index contributed by atoms with van der Waals surface area (Å²) in [6.45, 7) is 7.79. The van der Waals surface area contributed by atoms with Gasteiger partial charge < -0.3 is 4.74 Å². The predicted molar refractivity (Wildman–Crippen MR) is 55.7 cm³/mol. The summed E-state index contributed by atoms with van der Waals surface area (Å²) >= 11 is 0. The molecule has 1 unspecified atom stereocenters. The first kappa shape index (κ1) is 11.0. The molecule has 2 heteroatoms. The van der Waals surface area contributed by atoms with Crippen molar-refractivity contribution in [3.05, 3.63) is 0 Å². The third-order valence-corrected chi connectivity index (χ3v) is 3.71. The lowest BCUT2D eigenvalue weighted by atomic mass is 9.93. The normalized spacial score (nSPS) is 24.2. The second-order valence-corrected chi connectivity index (χ2v) is 4.28. The largest absolute Gasteiger partial charge is 0.363 e. The van der Waals surface area contributed by atoms with Crippen LogP contribution >= 0.6 is 0 Å². The SMILES string of the molecule is CCC(C)(CC)N(C)C1CCCO1. The molecule has 0 aromatic carbocycles. The number of rotatable bonds is 4. The number of ether oxygens (including phenoxy) is 1. The fraction of sp³-hybridized carbons (Fsp3) is 1.00. The van der Waals surface area contributed by atoms with E-state index in [9.17, 15) is 0 Å². The highest BCUT2D eigenvalue weighted by Crippen LogP contribution is 2.28. The zero-order valence-electron chi connectivity index (χ0n) is 9.47. The lowest BCUT2D eigenvalue weighted by Gasteiger charge is -2.40. The summed E-state index contributed by atoms with van der Waals surface area (Å²) in [6.07, 6.45) is 5.18. The van der Waals surface area contributed by atoms with Gasteiger partial charge in [-0.1, -0.05) is 13.8 Å². The van der Waals surface area contributed by atoms with E-state index in [1.165, 1.54) is 25.7 Å². The Labute approximate surface area is 82.3 Å². The molecule has 78 valence electrons. The van der Waals surface area contributed by atoms with E-state index in [1.807, 2.05) is 0 Å². The van der Waals surface area contributed by atoms with Gasteiger partial charge in [0.15, 0.2) is 0 Å². The van der Waals surface area contributed by atoms with Crippen molar-refractivity contribution in [2.75, 3.05) is 13.7 Å². The molecule has 1 aliphatic heterocycles. The van der Waals surface area contributed by atoms with E-state index in [1.54, 1.807) is 0 Å². The number of nitrogens with zero attached hydrogens (tertiary/aromatic N) is 1. The molecule has 1 saturated heterocycles. The maximum Gasteiger partial charge on any atom is 0.110 e. The monoisotopic (exact) mass is 185 g/mol. The quantitative estimate of drug-likeness (QED) is 0.667. The molecule has 0 bridgehead atoms. The maximum absolute atomic E-state index is 5.69. The van der Waals surface area contributed by atoms with Crippen molar-refractivity contribution in [1.82, 2.24) is 4.90 Å². The molecule has 0 N–H and O–H groups in total. The highest BCUT2D eigenvalue weighted by atomic mass is 16.5. The predicted octanol–water partition coefficient (Wildman–Crippen LogP) is 2.63. The summed E-state index contributed by atoms with van der Waals surface area (Å²) in [6, 6.07) is 0. The Hall–Kier alpha value is -0.0800. The molecular formula is C11H23NO. The zero-order valence-corrected chi connectivity index (χ0v) is 9.47. The molecule has 0 aromatic rings. The average molecular weight is 185 g/mol. The van der Waals surface area contributed by atoms with Crippen LogP contribution in [0.25, 0.3) is 0 Å². The van der Waals surface area contributed by atoms with Crippen molar-refractivity contribution >= 4 is 0 Å². The number of hydrogen-bond acceptors (Lipinski definition) is 2. The van der Waals surface area contributed by atoms with E-state index in [0.29, 0.717) is 11.8 Å². The molecule has 1 aliphatic rings. The minimum Gasteiger partial charge on any atom is -0.363 e. The van der Waals surface area contributed by atoms with E-state index in [2.05, 4.69) is 32.7 Å². The van der Waals surface area contributed by atoms with Crippen LogP contribution in [0.3, 0.4) is 0 Å². The molecule has 0 amide bonds. The van der Waals surface area contributed by atoms with Gasteiger partial charge in [0.2, 0.25) is 0 Å². The zero-order chi connectivity index (χ0) is 9.90. The molecule has 1 heterocycles. The fourth-order valence-electron chi connectivity index (χ4n) is 1.96. The standard InChI is InChI=1S/C11H23NO/c1-5-11(3,6-2)12(4)10-8-7-9-13-10/h10H,5-9H2,1-4H3. The van der Waals surface area contributed by atoms with Gasteiger partial charge >= 0.3 is 0 Å². The summed E-state index contributed by atoms with van der Waals surface area (Å²) < 4.78 is 5.69. The molecule has 1 atom stereocenters. The molecule has 2 nitrogen and oxygen atoms in total. The molecule has 0 aromatic heterocycles. The van der Waals surface area contributed by atoms with Gasteiger partial charge in [0, 0.05) is 12.1 Å². The summed E-state index contributed by atoms with van der Waals surface area (Å²) in [5.74, 6) is 0. The summed E-state index contributed by atoms with van der Waals surface area (Å²) in [7, 11) is 2.20. The van der Waals surface area contributed by atoms with Crippen LogP contribution in [-0.2, 0) is 4.74 Å². The Morgan fingerprint density at radius 3 is 2.38 bits per heavy atom. The molecule has 0 saturated carbocycles. The molecule has 1 rings (SSSR count). The van der Waals surface area contributed by atoms with Crippen molar-refractivity contribution in [3.63, 3.8) is 0 Å². The molecular weight excluding hydrogens is 162 g/mol. The molecule has 0 aliphatic carbocycles. The van der Waals surface area contributed by atoms with Gasteiger partial charge in [-0.2, -0.15) is 0 Å². The lowest BCUT2D eigenvalue weighted by molar-refractivity contribution is -0.0624. The first-order valence-electron chi connectivity index (χ1n) is 5.48. The van der Waals surface area contributed by atoms with Crippen molar-refractivity contribution in [2.24, 2.45) is 0 Å². The summed E-state index contributed by atoms with van der Waals surface area (Å²) in [5.41, 5.74) is 0.314. The van der Waals surface area contributed by atoms with E-state index in [-0.39, 0.29) is 0 Å². The van der Waals surface area contributed by atoms with E-state index in [0.717, 1.165) is 6.61 Å². The van der Waals surface area contributed by atoms with Crippen LogP contribution in [0.5, 0.6) is 0 Å². The Bertz CT molecular complexity index is 148. The first-order chi connectivity index (χ1) is 6.14. The topological polar surface area (TPSA) is 12.5 Å². The van der Waals surface area contributed by atoms with Gasteiger partial charge in [-0.25, -0.2) is 0 Å². The van der Waals surface area contributed by atoms with Crippen LogP contribution in [0, 0.1) is 0 Å². The Morgan fingerprint density at radius 1 is 1.38 bits per heavy atom. The molecule has 13 heavy (non-hydrogen) atoms. The van der Waals surface area contributed by atoms with Crippen LogP contribution in [0.4, 0.5) is 0 Å². The van der Waals surface area contributed by atoms with Gasteiger partial charge in [-0.05, 0) is 39.7 Å². The number of hydrogen-bond donors (Lipinski definition) is 0. The van der Waals surface area contributed by atoms with Gasteiger partial charge in [0.25, 0.3) is 0 Å². The van der Waals surface area contributed by atoms with Crippen molar-refractivity contribution in [1.29, 1.82) is 0 Å². The van der Waals surface area contributed by atoms with E-state index in [4.69, 9.17) is 4.74 Å². The third-order valence-electron chi connectivity index (χ3n) is 3.71. The summed E-state index contributed by atoms with van der Waals surface area (Å²) in [5, 5.41) is 0. The molecule has 0 radical (unpaired) electrons. The second kappa shape index (κ2) is 4.43. The molecule has 1 fully saturated rings. The van der Waals surface area contributed by atoms with Crippen LogP contribution in [0.1, 0.15) is 46.5 Å². The van der Waals surface area contributed by atoms with Crippen LogP contribution in [0.2, 0.25) is 0 Å². The fourth-order valence-corrected chi connectivity index (χ4v) is 1.96. The highest BCUT2D eigenvalue weighted by Gasteiger charge is 2.32. The Balaban J connectivity index is 2.57. The highest BCUT2D eigenvalue weighted by molar-refractivity contribution is 4.84. The van der Waals surface area contributed by atoms with Crippen LogP contribution < -0.4 is 0 Å². The lowest BCUT2D eigenvalue weighted by Crippen LogP contribution is -2.48. The Kier molecular flexibility index (Phi) is 3.74. The van der Waals surface area contributed by atoms with Crippen LogP contribution in [0.15, 0.2) is 0 Å². The molecule has 0 spiro atoms. The van der Waals surface area contributed by atoms with E-state index < -0.39 is 0 Å². The maximum atomic E-state index is 5.69. The second-order valence-electron chi connectivity index (χ2n) is 4.28. The average Bonchev–Trinajstić information content (AvgIpc) is 2.68.